The van der Waals surface area contributed by atoms with Crippen LogP contribution in [0.5, 0.6) is 0 Å². The zero-order chi connectivity index (χ0) is 16.6. The number of benzene rings is 1. The molecule has 0 aliphatic rings. The van der Waals surface area contributed by atoms with Gasteiger partial charge in [0.15, 0.2) is 5.76 Å². The third-order valence-corrected chi connectivity index (χ3v) is 4.79. The Morgan fingerprint density at radius 1 is 1.39 bits per heavy atom. The van der Waals surface area contributed by atoms with E-state index in [1.807, 2.05) is 42.8 Å². The van der Waals surface area contributed by atoms with Gasteiger partial charge in [0.25, 0.3) is 0 Å². The third kappa shape index (κ3) is 3.35. The molecule has 0 saturated heterocycles. The lowest BCUT2D eigenvalue weighted by Crippen LogP contribution is -2.17. The van der Waals surface area contributed by atoms with E-state index in [1.54, 1.807) is 12.3 Å². The highest BCUT2D eigenvalue weighted by molar-refractivity contribution is 14.1. The van der Waals surface area contributed by atoms with Crippen LogP contribution in [0.2, 0.25) is 0 Å². The molecule has 0 atom stereocenters. The first-order valence-corrected chi connectivity index (χ1v) is 8.67. The van der Waals surface area contributed by atoms with E-state index in [0.717, 1.165) is 24.8 Å². The molecule has 0 aliphatic heterocycles. The van der Waals surface area contributed by atoms with E-state index in [4.69, 9.17) is 4.42 Å². The molecule has 1 aromatic carbocycles. The molecule has 0 aliphatic carbocycles. The van der Waals surface area contributed by atoms with Gasteiger partial charge in [-0.15, -0.1) is 0 Å². The van der Waals surface area contributed by atoms with Crippen molar-refractivity contribution in [2.75, 3.05) is 0 Å². The van der Waals surface area contributed by atoms with E-state index < -0.39 is 0 Å². The second-order valence-corrected chi connectivity index (χ2v) is 7.15. The molecule has 2 heterocycles. The van der Waals surface area contributed by atoms with Gasteiger partial charge < -0.3 is 8.98 Å². The van der Waals surface area contributed by atoms with Gasteiger partial charge in [-0.1, -0.05) is 15.9 Å². The van der Waals surface area contributed by atoms with E-state index in [0.29, 0.717) is 5.58 Å². The molecule has 118 valence electrons. The quantitative estimate of drug-likeness (QED) is 0.343. The number of nitrogens with zero attached hydrogens (tertiary/aromatic N) is 2. The Kier molecular flexibility index (Phi) is 4.58. The van der Waals surface area contributed by atoms with Crippen LogP contribution in [0.25, 0.3) is 11.0 Å². The van der Waals surface area contributed by atoms with Gasteiger partial charge in [0.05, 0.1) is 15.5 Å². The Hall–Kier alpha value is -1.61. The summed E-state index contributed by atoms with van der Waals surface area (Å²) >= 11 is 5.61. The van der Waals surface area contributed by atoms with Gasteiger partial charge in [-0.2, -0.15) is 5.10 Å². The molecular formula is C16H13BrIN3O2. The van der Waals surface area contributed by atoms with E-state index in [9.17, 15) is 4.79 Å². The highest BCUT2D eigenvalue weighted by Crippen LogP contribution is 2.28. The predicted molar refractivity (Wildman–Crippen MR) is 102 cm³/mol. The smallest absolute Gasteiger partial charge is 0.307 e. The standard InChI is InChI=1S/C16H13BrIN3O2/c1-9-3-4-12(21(9)2)8-19-20-16(22)14-6-10-5-11(17)7-13(18)15(10)23-14/h3-8H,1-2H3,(H,20,22)/b19-8+. The normalized spacial score (nSPS) is 11.5. The Labute approximate surface area is 155 Å². The highest BCUT2D eigenvalue weighted by atomic mass is 127. The van der Waals surface area contributed by atoms with Crippen molar-refractivity contribution < 1.29 is 9.21 Å². The van der Waals surface area contributed by atoms with Crippen LogP contribution in [0.4, 0.5) is 0 Å². The van der Waals surface area contributed by atoms with Gasteiger partial charge in [0.2, 0.25) is 0 Å². The van der Waals surface area contributed by atoms with Crippen molar-refractivity contribution in [2.24, 2.45) is 12.1 Å². The second kappa shape index (κ2) is 6.48. The zero-order valence-corrected chi connectivity index (χ0v) is 16.2. The summed E-state index contributed by atoms with van der Waals surface area (Å²) in [6, 6.07) is 9.48. The maximum atomic E-state index is 12.2. The fraction of sp³-hybridized carbons (Fsp3) is 0.125. The summed E-state index contributed by atoms with van der Waals surface area (Å²) < 4.78 is 9.49. The summed E-state index contributed by atoms with van der Waals surface area (Å²) in [6.07, 6.45) is 1.61. The van der Waals surface area contributed by atoms with Crippen molar-refractivity contribution >= 4 is 61.6 Å². The van der Waals surface area contributed by atoms with Crippen molar-refractivity contribution in [1.29, 1.82) is 0 Å². The number of aryl methyl sites for hydroxylation is 1. The van der Waals surface area contributed by atoms with Gasteiger partial charge in [-0.25, -0.2) is 5.43 Å². The average Bonchev–Trinajstić information content (AvgIpc) is 3.05. The maximum Gasteiger partial charge on any atom is 0.307 e. The van der Waals surface area contributed by atoms with Crippen molar-refractivity contribution in [3.8, 4) is 0 Å². The largest absolute Gasteiger partial charge is 0.450 e. The Bertz CT molecular complexity index is 927. The van der Waals surface area contributed by atoms with Gasteiger partial charge in [-0.05, 0) is 59.8 Å². The molecule has 2 aromatic heterocycles. The SMILES string of the molecule is Cc1ccc(/C=N/NC(=O)c2cc3cc(Br)cc(I)c3o2)n1C. The average molecular weight is 486 g/mol. The number of rotatable bonds is 3. The molecule has 1 N–H and O–H groups in total. The molecule has 7 heteroatoms. The second-order valence-electron chi connectivity index (χ2n) is 5.07. The van der Waals surface area contributed by atoms with Crippen LogP contribution >= 0.6 is 38.5 Å². The number of hydrogen-bond acceptors (Lipinski definition) is 3. The number of nitrogens with one attached hydrogen (secondary N) is 1. The number of aromatic nitrogens is 1. The van der Waals surface area contributed by atoms with Gasteiger partial charge in [0, 0.05) is 22.6 Å². The van der Waals surface area contributed by atoms with Crippen LogP contribution < -0.4 is 5.43 Å². The maximum absolute atomic E-state index is 12.2. The molecule has 3 aromatic rings. The van der Waals surface area contributed by atoms with E-state index in [1.165, 1.54) is 0 Å². The number of carbonyl (C=O) groups excluding carboxylic acids is 1. The Morgan fingerprint density at radius 2 is 2.17 bits per heavy atom. The molecule has 0 unspecified atom stereocenters. The molecule has 0 spiro atoms. The predicted octanol–water partition coefficient (Wildman–Crippen LogP) is 4.21. The van der Waals surface area contributed by atoms with E-state index in [2.05, 4.69) is 49.0 Å². The summed E-state index contributed by atoms with van der Waals surface area (Å²) in [5.41, 5.74) is 5.21. The number of hydrazone groups is 1. The molecule has 3 rings (SSSR count). The lowest BCUT2D eigenvalue weighted by Gasteiger charge is -1.99. The minimum atomic E-state index is -0.379. The first-order chi connectivity index (χ1) is 11.0. The first kappa shape index (κ1) is 16.3. The van der Waals surface area contributed by atoms with Crippen molar-refractivity contribution in [3.63, 3.8) is 0 Å². The lowest BCUT2D eigenvalue weighted by molar-refractivity contribution is 0.0929. The van der Waals surface area contributed by atoms with E-state index in [-0.39, 0.29) is 11.7 Å². The molecule has 0 saturated carbocycles. The number of carbonyl (C=O) groups is 1. The van der Waals surface area contributed by atoms with Crippen LogP contribution in [0.3, 0.4) is 0 Å². The molecule has 5 nitrogen and oxygen atoms in total. The third-order valence-electron chi connectivity index (χ3n) is 3.53. The van der Waals surface area contributed by atoms with Crippen molar-refractivity contribution in [2.45, 2.75) is 6.92 Å². The topological polar surface area (TPSA) is 59.5 Å². The molecule has 1 amide bonds. The summed E-state index contributed by atoms with van der Waals surface area (Å²) in [4.78, 5) is 12.2. The van der Waals surface area contributed by atoms with Crippen LogP contribution in [0.1, 0.15) is 21.9 Å². The van der Waals surface area contributed by atoms with Crippen molar-refractivity contribution in [1.82, 2.24) is 9.99 Å². The minimum Gasteiger partial charge on any atom is -0.450 e. The van der Waals surface area contributed by atoms with Gasteiger partial charge >= 0.3 is 5.91 Å². The van der Waals surface area contributed by atoms with Crippen LogP contribution in [0, 0.1) is 10.5 Å². The summed E-state index contributed by atoms with van der Waals surface area (Å²) in [6.45, 7) is 2.00. The van der Waals surface area contributed by atoms with E-state index >= 15 is 0 Å². The minimum absolute atomic E-state index is 0.233. The fourth-order valence-corrected chi connectivity index (χ4v) is 3.82. The number of halogens is 2. The highest BCUT2D eigenvalue weighted by Gasteiger charge is 2.14. The number of amides is 1. The number of furan rings is 1. The monoisotopic (exact) mass is 485 g/mol. The van der Waals surface area contributed by atoms with Crippen molar-refractivity contribution in [3.05, 3.63) is 55.5 Å². The molecular weight excluding hydrogens is 473 g/mol. The number of fused-ring (bicyclic) bond motifs is 1. The van der Waals surface area contributed by atoms with Gasteiger partial charge in [0.1, 0.15) is 5.58 Å². The van der Waals surface area contributed by atoms with Crippen LogP contribution in [-0.4, -0.2) is 16.7 Å². The van der Waals surface area contributed by atoms with Crippen LogP contribution in [0.15, 0.2) is 44.3 Å². The Morgan fingerprint density at radius 3 is 2.87 bits per heavy atom. The zero-order valence-electron chi connectivity index (χ0n) is 12.4. The molecule has 0 radical (unpaired) electrons. The van der Waals surface area contributed by atoms with Crippen LogP contribution in [-0.2, 0) is 7.05 Å². The summed E-state index contributed by atoms with van der Waals surface area (Å²) in [5, 5.41) is 4.86. The molecule has 0 bridgehead atoms. The number of hydrogen-bond donors (Lipinski definition) is 1. The lowest BCUT2D eigenvalue weighted by atomic mass is 10.2. The molecule has 23 heavy (non-hydrogen) atoms. The first-order valence-electron chi connectivity index (χ1n) is 6.80. The Balaban J connectivity index is 1.78. The summed E-state index contributed by atoms with van der Waals surface area (Å²) in [7, 11) is 1.94. The fourth-order valence-electron chi connectivity index (χ4n) is 2.16. The van der Waals surface area contributed by atoms with Gasteiger partial charge in [-0.3, -0.25) is 4.79 Å². The summed E-state index contributed by atoms with van der Waals surface area (Å²) in [5.74, 6) is -0.147. The molecule has 0 fully saturated rings.